The molecule has 1 aliphatic rings. The molecule has 6 nitrogen and oxygen atoms in total. The summed E-state index contributed by atoms with van der Waals surface area (Å²) >= 11 is 0. The Morgan fingerprint density at radius 1 is 1.03 bits per heavy atom. The van der Waals surface area contributed by atoms with Gasteiger partial charge in [0.05, 0.1) is 17.9 Å². The van der Waals surface area contributed by atoms with Crippen LogP contribution >= 0.6 is 0 Å². The molecule has 1 atom stereocenters. The Balaban J connectivity index is 1.58. The molecule has 1 aliphatic heterocycles. The SMILES string of the molecule is CC(C)c1ccc([C@H](C)NC(=O)c2ccc(C3CCN(S(C)(=O)=O)CC3)nc2)cc1. The Morgan fingerprint density at radius 2 is 1.63 bits per heavy atom. The molecule has 30 heavy (non-hydrogen) atoms. The third kappa shape index (κ3) is 5.46. The standard InChI is InChI=1S/C23H31N3O3S/c1-16(2)18-5-7-19(8-6-18)17(3)25-23(27)21-9-10-22(24-15-21)20-11-13-26(14-12-20)30(4,28)29/h5-10,15-17,20H,11-14H2,1-4H3,(H,25,27)/t17-/m0/s1. The van der Waals surface area contributed by atoms with Gasteiger partial charge < -0.3 is 5.32 Å². The van der Waals surface area contributed by atoms with E-state index in [0.717, 1.165) is 24.1 Å². The first-order valence-electron chi connectivity index (χ1n) is 10.5. The van der Waals surface area contributed by atoms with Gasteiger partial charge in [-0.25, -0.2) is 12.7 Å². The Morgan fingerprint density at radius 3 is 2.13 bits per heavy atom. The van der Waals surface area contributed by atoms with E-state index in [9.17, 15) is 13.2 Å². The van der Waals surface area contributed by atoms with Gasteiger partial charge in [0.1, 0.15) is 0 Å². The second-order valence-electron chi connectivity index (χ2n) is 8.42. The fraction of sp³-hybridized carbons (Fsp3) is 0.478. The van der Waals surface area contributed by atoms with Crippen molar-refractivity contribution in [3.8, 4) is 0 Å². The first kappa shape index (κ1) is 22.4. The lowest BCUT2D eigenvalue weighted by molar-refractivity contribution is 0.0939. The number of aromatic nitrogens is 1. The number of nitrogens with one attached hydrogen (secondary N) is 1. The molecule has 1 aromatic heterocycles. The maximum atomic E-state index is 12.6. The van der Waals surface area contributed by atoms with Crippen LogP contribution in [0.25, 0.3) is 0 Å². The number of piperidine rings is 1. The van der Waals surface area contributed by atoms with Crippen molar-refractivity contribution in [3.05, 3.63) is 65.0 Å². The van der Waals surface area contributed by atoms with E-state index < -0.39 is 10.0 Å². The minimum Gasteiger partial charge on any atom is -0.345 e. The van der Waals surface area contributed by atoms with Crippen LogP contribution in [0.5, 0.6) is 0 Å². The molecule has 1 amide bonds. The summed E-state index contributed by atoms with van der Waals surface area (Å²) in [5.41, 5.74) is 3.78. The maximum absolute atomic E-state index is 12.6. The second-order valence-corrected chi connectivity index (χ2v) is 10.4. The van der Waals surface area contributed by atoms with Crippen LogP contribution in [0.2, 0.25) is 0 Å². The molecule has 2 aromatic rings. The molecule has 0 saturated carbocycles. The number of hydrogen-bond acceptors (Lipinski definition) is 4. The van der Waals surface area contributed by atoms with Crippen molar-refractivity contribution in [2.75, 3.05) is 19.3 Å². The van der Waals surface area contributed by atoms with Crippen molar-refractivity contribution in [1.29, 1.82) is 0 Å². The van der Waals surface area contributed by atoms with Gasteiger partial charge in [0.2, 0.25) is 10.0 Å². The topological polar surface area (TPSA) is 79.4 Å². The van der Waals surface area contributed by atoms with E-state index in [0.29, 0.717) is 24.6 Å². The molecule has 0 aliphatic carbocycles. The van der Waals surface area contributed by atoms with E-state index in [2.05, 4.69) is 48.4 Å². The van der Waals surface area contributed by atoms with Crippen molar-refractivity contribution in [3.63, 3.8) is 0 Å². The van der Waals surface area contributed by atoms with Crippen molar-refractivity contribution in [2.24, 2.45) is 0 Å². The molecular formula is C23H31N3O3S. The Hall–Kier alpha value is -2.25. The van der Waals surface area contributed by atoms with E-state index >= 15 is 0 Å². The molecule has 2 heterocycles. The van der Waals surface area contributed by atoms with Crippen molar-refractivity contribution < 1.29 is 13.2 Å². The van der Waals surface area contributed by atoms with Gasteiger partial charge in [0, 0.05) is 30.9 Å². The highest BCUT2D eigenvalue weighted by molar-refractivity contribution is 7.88. The number of benzene rings is 1. The van der Waals surface area contributed by atoms with Gasteiger partial charge in [-0.3, -0.25) is 9.78 Å². The lowest BCUT2D eigenvalue weighted by Gasteiger charge is -2.29. The van der Waals surface area contributed by atoms with E-state index in [1.54, 1.807) is 12.3 Å². The fourth-order valence-corrected chi connectivity index (χ4v) is 4.67. The average Bonchev–Trinajstić information content (AvgIpc) is 2.73. The van der Waals surface area contributed by atoms with E-state index in [1.807, 2.05) is 13.0 Å². The summed E-state index contributed by atoms with van der Waals surface area (Å²) in [5, 5.41) is 3.03. The second kappa shape index (κ2) is 9.27. The largest absolute Gasteiger partial charge is 0.345 e. The first-order valence-corrected chi connectivity index (χ1v) is 12.3. The van der Waals surface area contributed by atoms with Gasteiger partial charge in [-0.1, -0.05) is 38.1 Å². The highest BCUT2D eigenvalue weighted by Crippen LogP contribution is 2.27. The summed E-state index contributed by atoms with van der Waals surface area (Å²) in [4.78, 5) is 17.1. The number of nitrogens with zero attached hydrogens (tertiary/aromatic N) is 2. The molecule has 1 aromatic carbocycles. The zero-order valence-electron chi connectivity index (χ0n) is 18.1. The summed E-state index contributed by atoms with van der Waals surface area (Å²) in [6, 6.07) is 11.9. The van der Waals surface area contributed by atoms with Gasteiger partial charge in [-0.15, -0.1) is 0 Å². The Bertz CT molecular complexity index is 962. The van der Waals surface area contributed by atoms with Gasteiger partial charge in [0.25, 0.3) is 5.91 Å². The molecule has 3 rings (SSSR count). The number of rotatable bonds is 6. The quantitative estimate of drug-likeness (QED) is 0.757. The van der Waals surface area contributed by atoms with Crippen LogP contribution in [0.3, 0.4) is 0 Å². The minimum atomic E-state index is -3.13. The van der Waals surface area contributed by atoms with E-state index in [-0.39, 0.29) is 17.9 Å². The maximum Gasteiger partial charge on any atom is 0.253 e. The summed E-state index contributed by atoms with van der Waals surface area (Å²) in [7, 11) is -3.13. The molecular weight excluding hydrogens is 398 g/mol. The molecule has 0 radical (unpaired) electrons. The molecule has 7 heteroatoms. The highest BCUT2D eigenvalue weighted by Gasteiger charge is 2.26. The van der Waals surface area contributed by atoms with Crippen LogP contribution in [0.1, 0.15) is 78.7 Å². The van der Waals surface area contributed by atoms with Crippen LogP contribution < -0.4 is 5.32 Å². The van der Waals surface area contributed by atoms with Crippen LogP contribution in [0.15, 0.2) is 42.6 Å². The average molecular weight is 430 g/mol. The highest BCUT2D eigenvalue weighted by atomic mass is 32.2. The Kier molecular flexibility index (Phi) is 6.93. The van der Waals surface area contributed by atoms with Crippen molar-refractivity contribution in [1.82, 2.24) is 14.6 Å². The van der Waals surface area contributed by atoms with Crippen LogP contribution in [-0.2, 0) is 10.0 Å². The third-order valence-corrected chi connectivity index (χ3v) is 7.14. The van der Waals surface area contributed by atoms with Crippen molar-refractivity contribution in [2.45, 2.75) is 51.5 Å². The molecule has 1 fully saturated rings. The van der Waals surface area contributed by atoms with Crippen LogP contribution in [0, 0.1) is 0 Å². The normalized spacial score (nSPS) is 17.1. The molecule has 1 saturated heterocycles. The molecule has 0 unspecified atom stereocenters. The zero-order chi connectivity index (χ0) is 21.9. The molecule has 1 N–H and O–H groups in total. The molecule has 162 valence electrons. The van der Waals surface area contributed by atoms with Crippen LogP contribution in [-0.4, -0.2) is 43.0 Å². The van der Waals surface area contributed by atoms with E-state index in [4.69, 9.17) is 0 Å². The predicted molar refractivity (Wildman–Crippen MR) is 119 cm³/mol. The molecule has 0 bridgehead atoms. The number of carbonyl (C=O) groups excluding carboxylic acids is 1. The number of sulfonamides is 1. The summed E-state index contributed by atoms with van der Waals surface area (Å²) < 4.78 is 24.8. The zero-order valence-corrected chi connectivity index (χ0v) is 18.9. The first-order chi connectivity index (χ1) is 14.1. The summed E-state index contributed by atoms with van der Waals surface area (Å²) in [6.07, 6.45) is 4.35. The van der Waals surface area contributed by atoms with Crippen LogP contribution in [0.4, 0.5) is 0 Å². The summed E-state index contributed by atoms with van der Waals surface area (Å²) in [6.45, 7) is 7.32. The van der Waals surface area contributed by atoms with Gasteiger partial charge in [-0.05, 0) is 48.9 Å². The van der Waals surface area contributed by atoms with Gasteiger partial charge in [0.15, 0.2) is 0 Å². The van der Waals surface area contributed by atoms with E-state index in [1.165, 1.54) is 16.1 Å². The predicted octanol–water partition coefficient (Wildman–Crippen LogP) is 3.84. The lowest BCUT2D eigenvalue weighted by Crippen LogP contribution is -2.37. The van der Waals surface area contributed by atoms with Gasteiger partial charge in [-0.2, -0.15) is 0 Å². The number of hydrogen-bond donors (Lipinski definition) is 1. The number of pyridine rings is 1. The summed E-state index contributed by atoms with van der Waals surface area (Å²) in [5.74, 6) is 0.548. The number of carbonyl (C=O) groups is 1. The monoisotopic (exact) mass is 429 g/mol. The number of amides is 1. The Labute approximate surface area is 179 Å². The van der Waals surface area contributed by atoms with Crippen molar-refractivity contribution >= 4 is 15.9 Å². The fourth-order valence-electron chi connectivity index (χ4n) is 3.80. The smallest absolute Gasteiger partial charge is 0.253 e. The van der Waals surface area contributed by atoms with Gasteiger partial charge >= 0.3 is 0 Å². The lowest BCUT2D eigenvalue weighted by atomic mass is 9.94. The third-order valence-electron chi connectivity index (χ3n) is 5.84. The minimum absolute atomic E-state index is 0.0984. The molecule has 0 spiro atoms.